The monoisotopic (exact) mass is 250 g/mol. The van der Waals surface area contributed by atoms with Gasteiger partial charge in [-0.15, -0.1) is 0 Å². The Morgan fingerprint density at radius 1 is 1.00 bits per heavy atom. The first-order valence-electron chi connectivity index (χ1n) is 6.90. The first-order chi connectivity index (χ1) is 8.77. The average Bonchev–Trinajstić information content (AvgIpc) is 2.39. The van der Waals surface area contributed by atoms with Crippen LogP contribution in [0.4, 0.5) is 5.69 Å². The van der Waals surface area contributed by atoms with Crippen molar-refractivity contribution in [2.45, 2.75) is 32.6 Å². The smallest absolute Gasteiger partial charge is 0.0431 e. The summed E-state index contributed by atoms with van der Waals surface area (Å²) in [5.41, 5.74) is 8.16. The normalized spacial score (nSPS) is 10.6. The van der Waals surface area contributed by atoms with E-state index in [1.807, 2.05) is 0 Å². The number of nitrogens with two attached hydrogens (primary N) is 1. The number of aliphatic hydroxyl groups excluding tert-OH is 1. The number of hydrogen-bond acceptors (Lipinski definition) is 3. The molecule has 102 valence electrons. The van der Waals surface area contributed by atoms with Crippen LogP contribution in [-0.4, -0.2) is 31.3 Å². The van der Waals surface area contributed by atoms with Gasteiger partial charge in [0.15, 0.2) is 0 Å². The maximum atomic E-state index is 8.79. The quantitative estimate of drug-likeness (QED) is 0.661. The molecule has 0 saturated heterocycles. The molecule has 3 heteroatoms. The van der Waals surface area contributed by atoms with Gasteiger partial charge in [0.25, 0.3) is 0 Å². The van der Waals surface area contributed by atoms with E-state index < -0.39 is 0 Å². The second kappa shape index (κ2) is 8.95. The summed E-state index contributed by atoms with van der Waals surface area (Å²) in [6, 6.07) is 8.66. The average molecular weight is 250 g/mol. The number of hydrogen-bond donors (Lipinski definition) is 2. The molecule has 0 aliphatic carbocycles. The summed E-state index contributed by atoms with van der Waals surface area (Å²) in [6.07, 6.45) is 4.13. The summed E-state index contributed by atoms with van der Waals surface area (Å²) in [5, 5.41) is 8.79. The van der Waals surface area contributed by atoms with Gasteiger partial charge in [0.2, 0.25) is 0 Å². The number of nitrogens with zero attached hydrogens (tertiary/aromatic N) is 1. The van der Waals surface area contributed by atoms with Gasteiger partial charge in [-0.2, -0.15) is 0 Å². The van der Waals surface area contributed by atoms with Crippen LogP contribution in [0.25, 0.3) is 0 Å². The van der Waals surface area contributed by atoms with Gasteiger partial charge in [-0.1, -0.05) is 17.7 Å². The van der Waals surface area contributed by atoms with Crippen molar-refractivity contribution < 1.29 is 5.11 Å². The van der Waals surface area contributed by atoms with Crippen molar-refractivity contribution >= 4 is 5.69 Å². The molecule has 0 fully saturated rings. The predicted octanol–water partition coefficient (Wildman–Crippen LogP) is 2.31. The molecule has 0 spiro atoms. The van der Waals surface area contributed by atoms with Crippen LogP contribution in [0.1, 0.15) is 31.2 Å². The van der Waals surface area contributed by atoms with E-state index in [-0.39, 0.29) is 0 Å². The van der Waals surface area contributed by atoms with E-state index in [2.05, 4.69) is 36.1 Å². The molecular formula is C15H26N2O. The van der Waals surface area contributed by atoms with Gasteiger partial charge in [0.05, 0.1) is 0 Å². The van der Waals surface area contributed by atoms with Crippen molar-refractivity contribution in [3.8, 4) is 0 Å². The van der Waals surface area contributed by atoms with Crippen molar-refractivity contribution in [2.24, 2.45) is 5.73 Å². The number of unbranched alkanes of at least 4 members (excludes halogenated alkanes) is 2. The molecule has 0 aromatic heterocycles. The van der Waals surface area contributed by atoms with Gasteiger partial charge >= 0.3 is 0 Å². The molecule has 0 bridgehead atoms. The molecule has 1 aromatic carbocycles. The second-order valence-electron chi connectivity index (χ2n) is 4.75. The Hall–Kier alpha value is -1.06. The van der Waals surface area contributed by atoms with Crippen LogP contribution >= 0.6 is 0 Å². The third-order valence-electron chi connectivity index (χ3n) is 3.12. The summed E-state index contributed by atoms with van der Waals surface area (Å²) >= 11 is 0. The van der Waals surface area contributed by atoms with Crippen LogP contribution in [0, 0.1) is 6.92 Å². The molecule has 0 atom stereocenters. The molecule has 3 N–H and O–H groups in total. The van der Waals surface area contributed by atoms with Gasteiger partial charge in [0.1, 0.15) is 0 Å². The van der Waals surface area contributed by atoms with Crippen LogP contribution in [-0.2, 0) is 0 Å². The first kappa shape index (κ1) is 15.0. The van der Waals surface area contributed by atoms with E-state index in [9.17, 15) is 0 Å². The fourth-order valence-corrected chi connectivity index (χ4v) is 2.00. The Balaban J connectivity index is 2.51. The fourth-order valence-electron chi connectivity index (χ4n) is 2.00. The topological polar surface area (TPSA) is 49.5 Å². The van der Waals surface area contributed by atoms with E-state index in [1.165, 1.54) is 11.3 Å². The van der Waals surface area contributed by atoms with E-state index >= 15 is 0 Å². The molecule has 3 nitrogen and oxygen atoms in total. The zero-order valence-electron chi connectivity index (χ0n) is 11.4. The highest BCUT2D eigenvalue weighted by atomic mass is 16.2. The van der Waals surface area contributed by atoms with Gasteiger partial charge in [-0.05, 0) is 51.3 Å². The lowest BCUT2D eigenvalue weighted by Gasteiger charge is -2.25. The highest BCUT2D eigenvalue weighted by Crippen LogP contribution is 2.16. The Labute approximate surface area is 111 Å². The van der Waals surface area contributed by atoms with Crippen molar-refractivity contribution in [3.63, 3.8) is 0 Å². The third kappa shape index (κ3) is 5.52. The van der Waals surface area contributed by atoms with E-state index in [1.54, 1.807) is 0 Å². The largest absolute Gasteiger partial charge is 0.396 e. The molecule has 0 unspecified atom stereocenters. The molecule has 1 rings (SSSR count). The minimum atomic E-state index is 0.299. The summed E-state index contributed by atoms with van der Waals surface area (Å²) in [7, 11) is 0. The fraction of sp³-hybridized carbons (Fsp3) is 0.600. The van der Waals surface area contributed by atoms with E-state index in [0.717, 1.165) is 45.3 Å². The minimum Gasteiger partial charge on any atom is -0.396 e. The lowest BCUT2D eigenvalue weighted by molar-refractivity contribution is 0.283. The van der Waals surface area contributed by atoms with Crippen molar-refractivity contribution in [1.82, 2.24) is 0 Å². The van der Waals surface area contributed by atoms with Crippen LogP contribution < -0.4 is 10.6 Å². The van der Waals surface area contributed by atoms with Gasteiger partial charge in [-0.25, -0.2) is 0 Å². The van der Waals surface area contributed by atoms with Crippen LogP contribution in [0.3, 0.4) is 0 Å². The SMILES string of the molecule is Cc1ccc(N(CCCN)CCCCCO)cc1. The van der Waals surface area contributed by atoms with Gasteiger partial charge in [-0.3, -0.25) is 0 Å². The number of aliphatic hydroxyl groups is 1. The molecule has 1 aromatic rings. The molecule has 0 saturated carbocycles. The van der Waals surface area contributed by atoms with Gasteiger partial charge in [0, 0.05) is 25.4 Å². The Morgan fingerprint density at radius 3 is 2.28 bits per heavy atom. The maximum Gasteiger partial charge on any atom is 0.0431 e. The van der Waals surface area contributed by atoms with E-state index in [4.69, 9.17) is 10.8 Å². The Kier molecular flexibility index (Phi) is 7.46. The lowest BCUT2D eigenvalue weighted by atomic mass is 10.2. The Bertz CT molecular complexity index is 311. The molecule has 0 heterocycles. The number of rotatable bonds is 9. The molecule has 0 aliphatic rings. The number of benzene rings is 1. The zero-order chi connectivity index (χ0) is 13.2. The van der Waals surface area contributed by atoms with Gasteiger partial charge < -0.3 is 15.7 Å². The van der Waals surface area contributed by atoms with Crippen molar-refractivity contribution in [3.05, 3.63) is 29.8 Å². The summed E-state index contributed by atoms with van der Waals surface area (Å²) in [4.78, 5) is 2.39. The summed E-state index contributed by atoms with van der Waals surface area (Å²) in [6.45, 7) is 5.20. The van der Waals surface area contributed by atoms with Crippen molar-refractivity contribution in [1.29, 1.82) is 0 Å². The standard InChI is InChI=1S/C15H26N2O/c1-14-6-8-15(9-7-14)17(12-5-10-16)11-3-2-4-13-18/h6-9,18H,2-5,10-13,16H2,1H3. The van der Waals surface area contributed by atoms with E-state index in [0.29, 0.717) is 6.61 Å². The highest BCUT2D eigenvalue weighted by molar-refractivity contribution is 5.47. The molecule has 0 radical (unpaired) electrons. The lowest BCUT2D eigenvalue weighted by Crippen LogP contribution is -2.27. The second-order valence-corrected chi connectivity index (χ2v) is 4.75. The van der Waals surface area contributed by atoms with Crippen LogP contribution in [0.15, 0.2) is 24.3 Å². The van der Waals surface area contributed by atoms with Crippen molar-refractivity contribution in [2.75, 3.05) is 31.1 Å². The maximum absolute atomic E-state index is 8.79. The third-order valence-corrected chi connectivity index (χ3v) is 3.12. The minimum absolute atomic E-state index is 0.299. The summed E-state index contributed by atoms with van der Waals surface area (Å²) < 4.78 is 0. The zero-order valence-corrected chi connectivity index (χ0v) is 11.4. The number of aryl methyl sites for hydroxylation is 1. The Morgan fingerprint density at radius 2 is 1.67 bits per heavy atom. The predicted molar refractivity (Wildman–Crippen MR) is 78.0 cm³/mol. The number of anilines is 1. The molecule has 0 aliphatic heterocycles. The highest BCUT2D eigenvalue weighted by Gasteiger charge is 2.05. The summed E-state index contributed by atoms with van der Waals surface area (Å²) in [5.74, 6) is 0. The molecule has 0 amide bonds. The molecule has 18 heavy (non-hydrogen) atoms. The van der Waals surface area contributed by atoms with Crippen LogP contribution in [0.5, 0.6) is 0 Å². The van der Waals surface area contributed by atoms with Crippen LogP contribution in [0.2, 0.25) is 0 Å². The first-order valence-corrected chi connectivity index (χ1v) is 6.90. The molecular weight excluding hydrogens is 224 g/mol.